The molecule has 3 aromatic rings. The maximum Gasteiger partial charge on any atom is 0.264 e. The number of sulfonamides is 1. The van der Waals surface area contributed by atoms with Gasteiger partial charge in [-0.05, 0) is 43.2 Å². The van der Waals surface area contributed by atoms with E-state index in [1.807, 2.05) is 10.6 Å². The Morgan fingerprint density at radius 1 is 1.17 bits per heavy atom. The lowest BCUT2D eigenvalue weighted by Gasteiger charge is -2.19. The van der Waals surface area contributed by atoms with Crippen LogP contribution in [-0.2, 0) is 16.6 Å². The Morgan fingerprint density at radius 3 is 2.66 bits per heavy atom. The van der Waals surface area contributed by atoms with Gasteiger partial charge in [-0.2, -0.15) is 0 Å². The number of anilines is 1. The summed E-state index contributed by atoms with van der Waals surface area (Å²) in [5.74, 6) is 0.322. The number of nitrogens with one attached hydrogen (secondary N) is 1. The smallest absolute Gasteiger partial charge is 0.264 e. The van der Waals surface area contributed by atoms with E-state index in [9.17, 15) is 13.2 Å². The number of carbonyl (C=O) groups excluding carboxylic acids is 1. The topological polar surface area (TPSA) is 97.2 Å². The van der Waals surface area contributed by atoms with Crippen molar-refractivity contribution in [1.82, 2.24) is 20.1 Å². The molecule has 8 nitrogen and oxygen atoms in total. The maximum atomic E-state index is 13.0. The number of amides is 1. The molecule has 0 aliphatic heterocycles. The van der Waals surface area contributed by atoms with E-state index in [-0.39, 0.29) is 22.9 Å². The molecule has 1 aliphatic carbocycles. The first-order valence-corrected chi connectivity index (χ1v) is 10.7. The minimum Gasteiger partial charge on any atom is -0.345 e. The van der Waals surface area contributed by atoms with Crippen molar-refractivity contribution in [2.45, 2.75) is 30.3 Å². The summed E-state index contributed by atoms with van der Waals surface area (Å²) in [5, 5.41) is 10.8. The summed E-state index contributed by atoms with van der Waals surface area (Å²) in [6, 6.07) is 15.2. The standard InChI is InChI=1S/C20H21N5O3S/c1-24(16-7-3-2-4-8-16)29(27,28)18-9-5-6-15(12-18)20(26)21-13-19-23-22-14-25(19)17-10-11-17/h2-9,12,14,17H,10-11,13H2,1H3,(H,21,26). The van der Waals surface area contributed by atoms with Gasteiger partial charge in [0.05, 0.1) is 17.1 Å². The molecule has 1 aromatic heterocycles. The molecular weight excluding hydrogens is 390 g/mol. The summed E-state index contributed by atoms with van der Waals surface area (Å²) in [5.41, 5.74) is 0.812. The van der Waals surface area contributed by atoms with Crippen LogP contribution in [0.5, 0.6) is 0 Å². The average Bonchev–Trinajstić information content (AvgIpc) is 3.49. The Kier molecular flexibility index (Phi) is 5.06. The highest BCUT2D eigenvalue weighted by atomic mass is 32.2. The Morgan fingerprint density at radius 2 is 1.93 bits per heavy atom. The van der Waals surface area contributed by atoms with Crippen LogP contribution in [0.2, 0.25) is 0 Å². The minimum atomic E-state index is -3.79. The fourth-order valence-corrected chi connectivity index (χ4v) is 4.29. The van der Waals surface area contributed by atoms with Gasteiger partial charge in [-0.25, -0.2) is 8.42 Å². The third-order valence-corrected chi connectivity index (χ3v) is 6.65. The van der Waals surface area contributed by atoms with Crippen LogP contribution in [0.3, 0.4) is 0 Å². The zero-order valence-electron chi connectivity index (χ0n) is 15.9. The lowest BCUT2D eigenvalue weighted by molar-refractivity contribution is 0.0949. The molecule has 150 valence electrons. The fraction of sp³-hybridized carbons (Fsp3) is 0.250. The number of hydrogen-bond acceptors (Lipinski definition) is 5. The van der Waals surface area contributed by atoms with E-state index in [4.69, 9.17) is 0 Å². The number of carbonyl (C=O) groups is 1. The summed E-state index contributed by atoms with van der Waals surface area (Å²) < 4.78 is 29.1. The second-order valence-corrected chi connectivity index (χ2v) is 8.87. The lowest BCUT2D eigenvalue weighted by atomic mass is 10.2. The van der Waals surface area contributed by atoms with E-state index in [2.05, 4.69) is 15.5 Å². The molecule has 0 bridgehead atoms. The molecule has 0 atom stereocenters. The zero-order valence-corrected chi connectivity index (χ0v) is 16.7. The Balaban J connectivity index is 1.50. The molecule has 9 heteroatoms. The molecular formula is C20H21N5O3S. The van der Waals surface area contributed by atoms with Gasteiger partial charge < -0.3 is 9.88 Å². The van der Waals surface area contributed by atoms with Crippen LogP contribution >= 0.6 is 0 Å². The van der Waals surface area contributed by atoms with Crippen molar-refractivity contribution >= 4 is 21.6 Å². The highest BCUT2D eigenvalue weighted by Crippen LogP contribution is 2.35. The van der Waals surface area contributed by atoms with Crippen LogP contribution in [0, 0.1) is 0 Å². The van der Waals surface area contributed by atoms with Gasteiger partial charge in [0.2, 0.25) is 0 Å². The molecule has 1 N–H and O–H groups in total. The predicted molar refractivity (Wildman–Crippen MR) is 108 cm³/mol. The van der Waals surface area contributed by atoms with E-state index in [1.54, 1.807) is 42.7 Å². The van der Waals surface area contributed by atoms with Crippen molar-refractivity contribution in [2.75, 3.05) is 11.4 Å². The number of aromatic nitrogens is 3. The van der Waals surface area contributed by atoms with Crippen LogP contribution in [0.1, 0.15) is 35.1 Å². The predicted octanol–water partition coefficient (Wildman–Crippen LogP) is 2.37. The molecule has 0 saturated heterocycles. The van der Waals surface area contributed by atoms with Crippen molar-refractivity contribution in [2.24, 2.45) is 0 Å². The van der Waals surface area contributed by atoms with Crippen LogP contribution < -0.4 is 9.62 Å². The molecule has 29 heavy (non-hydrogen) atoms. The van der Waals surface area contributed by atoms with Crippen LogP contribution in [0.15, 0.2) is 65.8 Å². The minimum absolute atomic E-state index is 0.0534. The first kappa shape index (κ1) is 19.1. The van der Waals surface area contributed by atoms with Gasteiger partial charge in [-0.15, -0.1) is 10.2 Å². The van der Waals surface area contributed by atoms with Gasteiger partial charge in [-0.3, -0.25) is 9.10 Å². The molecule has 2 aromatic carbocycles. The van der Waals surface area contributed by atoms with E-state index in [0.717, 1.165) is 12.8 Å². The molecule has 0 unspecified atom stereocenters. The van der Waals surface area contributed by atoms with Gasteiger partial charge >= 0.3 is 0 Å². The molecule has 1 saturated carbocycles. The Hall–Kier alpha value is -3.20. The second-order valence-electron chi connectivity index (χ2n) is 6.90. The van der Waals surface area contributed by atoms with Gasteiger partial charge in [-0.1, -0.05) is 24.3 Å². The Bertz CT molecular complexity index is 1120. The third kappa shape index (κ3) is 4.00. The fourth-order valence-electron chi connectivity index (χ4n) is 3.04. The van der Waals surface area contributed by atoms with Crippen molar-refractivity contribution in [3.05, 3.63) is 72.3 Å². The van der Waals surface area contributed by atoms with Gasteiger partial charge in [0.15, 0.2) is 5.82 Å². The molecule has 1 aliphatic rings. The molecule has 0 spiro atoms. The SMILES string of the molecule is CN(c1ccccc1)S(=O)(=O)c1cccc(C(=O)NCc2nncn2C2CC2)c1. The summed E-state index contributed by atoms with van der Waals surface area (Å²) >= 11 is 0. The van der Waals surface area contributed by atoms with Gasteiger partial charge in [0.1, 0.15) is 6.33 Å². The van der Waals surface area contributed by atoms with E-state index >= 15 is 0 Å². The van der Waals surface area contributed by atoms with Crippen molar-refractivity contribution in [3.8, 4) is 0 Å². The monoisotopic (exact) mass is 411 g/mol. The van der Waals surface area contributed by atoms with Crippen molar-refractivity contribution in [1.29, 1.82) is 0 Å². The van der Waals surface area contributed by atoms with Crippen LogP contribution in [0.4, 0.5) is 5.69 Å². The summed E-state index contributed by atoms with van der Waals surface area (Å²) in [6.45, 7) is 0.232. The number of nitrogens with zero attached hydrogens (tertiary/aromatic N) is 4. The van der Waals surface area contributed by atoms with Crippen LogP contribution in [0.25, 0.3) is 0 Å². The molecule has 1 heterocycles. The highest BCUT2D eigenvalue weighted by Gasteiger charge is 2.26. The molecule has 4 rings (SSSR count). The largest absolute Gasteiger partial charge is 0.345 e. The quantitative estimate of drug-likeness (QED) is 0.644. The highest BCUT2D eigenvalue weighted by molar-refractivity contribution is 7.92. The molecule has 1 amide bonds. The van der Waals surface area contributed by atoms with Gasteiger partial charge in [0, 0.05) is 18.7 Å². The summed E-state index contributed by atoms with van der Waals surface area (Å²) in [4.78, 5) is 12.6. The van der Waals surface area contributed by atoms with Crippen molar-refractivity contribution < 1.29 is 13.2 Å². The first-order chi connectivity index (χ1) is 14.0. The number of rotatable bonds is 7. The number of para-hydroxylation sites is 1. The maximum absolute atomic E-state index is 13.0. The number of hydrogen-bond donors (Lipinski definition) is 1. The van der Waals surface area contributed by atoms with E-state index in [0.29, 0.717) is 17.6 Å². The van der Waals surface area contributed by atoms with Crippen LogP contribution in [-0.4, -0.2) is 36.1 Å². The number of benzene rings is 2. The average molecular weight is 411 g/mol. The second kappa shape index (κ2) is 7.67. The Labute approximate surface area is 169 Å². The van der Waals surface area contributed by atoms with E-state index in [1.165, 1.54) is 23.5 Å². The normalized spacial score (nSPS) is 13.8. The summed E-state index contributed by atoms with van der Waals surface area (Å²) in [6.07, 6.45) is 3.85. The first-order valence-electron chi connectivity index (χ1n) is 9.27. The summed E-state index contributed by atoms with van der Waals surface area (Å²) in [7, 11) is -2.30. The zero-order chi connectivity index (χ0) is 20.4. The van der Waals surface area contributed by atoms with E-state index < -0.39 is 10.0 Å². The molecule has 1 fully saturated rings. The lowest BCUT2D eigenvalue weighted by Crippen LogP contribution is -2.28. The third-order valence-electron chi connectivity index (χ3n) is 4.87. The molecule has 0 radical (unpaired) electrons. The van der Waals surface area contributed by atoms with Crippen molar-refractivity contribution in [3.63, 3.8) is 0 Å². The van der Waals surface area contributed by atoms with Gasteiger partial charge in [0.25, 0.3) is 15.9 Å².